The standard InChI is InChI=1S/C42H52FN7O10/c1-59-41(57)46-33(19-23-51)39(55)49-21-3-5-35(49)37(53)44-30-13-7-27(8-14-30)25-48(32-17-11-29(43)12-18-32)26-28-9-15-31(16-10-28)45-38(54)36-6-4-22-50(36)40(56)34(20-24-52)47-42(58)60-2/h7-18,33-36,51-52H,3-6,19-26H2,1-2H3,(H,44,53)(H,45,54)(H,46,57)(H,47,58). The van der Waals surface area contributed by atoms with E-state index in [0.29, 0.717) is 63.2 Å². The Morgan fingerprint density at radius 3 is 1.43 bits per heavy atom. The molecule has 3 aromatic rings. The van der Waals surface area contributed by atoms with Gasteiger partial charge in [-0.3, -0.25) is 19.2 Å². The van der Waals surface area contributed by atoms with E-state index in [9.17, 15) is 43.4 Å². The van der Waals surface area contributed by atoms with Crippen molar-refractivity contribution in [3.63, 3.8) is 0 Å². The van der Waals surface area contributed by atoms with Crippen molar-refractivity contribution in [2.75, 3.05) is 56.1 Å². The Morgan fingerprint density at radius 1 is 0.667 bits per heavy atom. The van der Waals surface area contributed by atoms with Crippen molar-refractivity contribution in [2.24, 2.45) is 0 Å². The number of aliphatic hydroxyl groups excluding tert-OH is 2. The third-order valence-electron chi connectivity index (χ3n) is 10.4. The van der Waals surface area contributed by atoms with Crippen molar-refractivity contribution in [3.05, 3.63) is 89.7 Å². The molecular formula is C42H52FN7O10. The summed E-state index contributed by atoms with van der Waals surface area (Å²) in [6.07, 6.45) is 0.369. The Labute approximate surface area is 347 Å². The van der Waals surface area contributed by atoms with Crippen molar-refractivity contribution < 1.29 is 52.8 Å². The van der Waals surface area contributed by atoms with Gasteiger partial charge in [-0.2, -0.15) is 0 Å². The van der Waals surface area contributed by atoms with Crippen LogP contribution in [0.1, 0.15) is 49.7 Å². The third-order valence-corrected chi connectivity index (χ3v) is 10.4. The highest BCUT2D eigenvalue weighted by Gasteiger charge is 2.39. The van der Waals surface area contributed by atoms with Crippen molar-refractivity contribution in [1.29, 1.82) is 0 Å². The summed E-state index contributed by atoms with van der Waals surface area (Å²) >= 11 is 0. The molecule has 2 saturated heterocycles. The highest BCUT2D eigenvalue weighted by molar-refractivity contribution is 5.99. The number of rotatable bonds is 17. The Balaban J connectivity index is 1.21. The fourth-order valence-electron chi connectivity index (χ4n) is 7.35. The maximum Gasteiger partial charge on any atom is 0.407 e. The lowest BCUT2D eigenvalue weighted by Crippen LogP contribution is -2.52. The molecule has 322 valence electrons. The quantitative estimate of drug-likeness (QED) is 0.116. The van der Waals surface area contributed by atoms with E-state index in [1.807, 2.05) is 29.2 Å². The number of alkyl carbamates (subject to hydrolysis) is 2. The molecule has 18 heteroatoms. The molecule has 6 amide bonds. The topological polar surface area (TPSA) is 219 Å². The molecule has 0 bridgehead atoms. The van der Waals surface area contributed by atoms with Gasteiger partial charge in [0, 0.05) is 56.5 Å². The zero-order chi connectivity index (χ0) is 43.2. The van der Waals surface area contributed by atoms with Gasteiger partial charge < -0.3 is 55.7 Å². The van der Waals surface area contributed by atoms with E-state index >= 15 is 0 Å². The minimum Gasteiger partial charge on any atom is -0.453 e. The normalized spacial score (nSPS) is 16.9. The minimum absolute atomic E-state index is 0.0305. The second kappa shape index (κ2) is 21.7. The summed E-state index contributed by atoms with van der Waals surface area (Å²) in [5.74, 6) is -2.09. The number of benzene rings is 3. The fourth-order valence-corrected chi connectivity index (χ4v) is 7.35. The van der Waals surface area contributed by atoms with E-state index in [0.717, 1.165) is 16.8 Å². The molecule has 6 N–H and O–H groups in total. The molecule has 4 unspecified atom stereocenters. The number of anilines is 3. The second-order valence-electron chi connectivity index (χ2n) is 14.5. The van der Waals surface area contributed by atoms with Gasteiger partial charge >= 0.3 is 12.2 Å². The highest BCUT2D eigenvalue weighted by Crippen LogP contribution is 2.26. The van der Waals surface area contributed by atoms with Crippen LogP contribution in [-0.2, 0) is 41.7 Å². The van der Waals surface area contributed by atoms with Gasteiger partial charge in [0.25, 0.3) is 0 Å². The summed E-state index contributed by atoms with van der Waals surface area (Å²) in [6.45, 7) is 0.785. The van der Waals surface area contributed by atoms with E-state index in [4.69, 9.17) is 0 Å². The van der Waals surface area contributed by atoms with Crippen LogP contribution in [0.25, 0.3) is 0 Å². The number of nitrogens with one attached hydrogen (secondary N) is 4. The molecule has 2 aliphatic rings. The molecule has 0 aromatic heterocycles. The maximum atomic E-state index is 13.9. The van der Waals surface area contributed by atoms with E-state index in [1.165, 1.54) is 36.2 Å². The number of halogens is 1. The van der Waals surface area contributed by atoms with Gasteiger partial charge in [-0.25, -0.2) is 14.0 Å². The second-order valence-corrected chi connectivity index (χ2v) is 14.5. The SMILES string of the molecule is COC(=O)NC(CCO)C(=O)N1CCCC1C(=O)Nc1ccc(CN(Cc2ccc(NC(=O)C3CCCN3C(=O)C(CCO)NC(=O)OC)cc2)c2ccc(F)cc2)cc1. The highest BCUT2D eigenvalue weighted by atomic mass is 19.1. The van der Waals surface area contributed by atoms with E-state index < -0.39 is 48.2 Å². The van der Waals surface area contributed by atoms with Gasteiger partial charge in [0.2, 0.25) is 23.6 Å². The first-order valence-electron chi connectivity index (χ1n) is 19.8. The fraction of sp³-hybridized carbons (Fsp3) is 0.429. The zero-order valence-electron chi connectivity index (χ0n) is 33.6. The number of aliphatic hydroxyl groups is 2. The average molecular weight is 834 g/mol. The predicted molar refractivity (Wildman–Crippen MR) is 218 cm³/mol. The molecule has 0 radical (unpaired) electrons. The lowest BCUT2D eigenvalue weighted by atomic mass is 10.1. The predicted octanol–water partition coefficient (Wildman–Crippen LogP) is 3.11. The summed E-state index contributed by atoms with van der Waals surface area (Å²) in [5.41, 5.74) is 3.56. The summed E-state index contributed by atoms with van der Waals surface area (Å²) in [7, 11) is 2.34. The van der Waals surface area contributed by atoms with Crippen molar-refractivity contribution in [2.45, 2.75) is 75.8 Å². The number of ether oxygens (including phenoxy) is 2. The largest absolute Gasteiger partial charge is 0.453 e. The number of nitrogens with zero attached hydrogens (tertiary/aromatic N) is 3. The Bertz CT molecular complexity index is 1830. The first kappa shape index (κ1) is 44.8. The molecule has 2 heterocycles. The number of amides is 6. The number of methoxy groups -OCH3 is 2. The summed E-state index contributed by atoms with van der Waals surface area (Å²) in [5, 5.41) is 29.5. The van der Waals surface area contributed by atoms with Crippen LogP contribution in [-0.4, -0.2) is 121 Å². The molecular weight excluding hydrogens is 781 g/mol. The van der Waals surface area contributed by atoms with Crippen LogP contribution >= 0.6 is 0 Å². The molecule has 5 rings (SSSR count). The first-order valence-corrected chi connectivity index (χ1v) is 19.8. The van der Waals surface area contributed by atoms with Gasteiger partial charge in [-0.05, 0) is 98.2 Å². The smallest absolute Gasteiger partial charge is 0.407 e. The first-order chi connectivity index (χ1) is 28.9. The van der Waals surface area contributed by atoms with Gasteiger partial charge in [0.1, 0.15) is 30.0 Å². The molecule has 2 aliphatic heterocycles. The Kier molecular flexibility index (Phi) is 16.2. The van der Waals surface area contributed by atoms with E-state index in [-0.39, 0.29) is 43.7 Å². The lowest BCUT2D eigenvalue weighted by Gasteiger charge is -2.28. The van der Waals surface area contributed by atoms with Crippen molar-refractivity contribution >= 4 is 52.9 Å². The minimum atomic E-state index is -1.04. The van der Waals surface area contributed by atoms with Gasteiger partial charge in [-0.1, -0.05) is 24.3 Å². The van der Waals surface area contributed by atoms with Gasteiger partial charge in [0.15, 0.2) is 0 Å². The van der Waals surface area contributed by atoms with Crippen LogP contribution in [0.3, 0.4) is 0 Å². The van der Waals surface area contributed by atoms with Crippen molar-refractivity contribution in [1.82, 2.24) is 20.4 Å². The number of likely N-dealkylation sites (tertiary alicyclic amines) is 2. The van der Waals surface area contributed by atoms with E-state index in [1.54, 1.807) is 36.4 Å². The maximum absolute atomic E-state index is 13.9. The van der Waals surface area contributed by atoms with Crippen LogP contribution < -0.4 is 26.2 Å². The van der Waals surface area contributed by atoms with Crippen LogP contribution in [0, 0.1) is 5.82 Å². The van der Waals surface area contributed by atoms with E-state index in [2.05, 4.69) is 30.7 Å². The van der Waals surface area contributed by atoms with Gasteiger partial charge in [-0.15, -0.1) is 0 Å². The third kappa shape index (κ3) is 11.9. The Hall–Kier alpha value is -6.27. The van der Waals surface area contributed by atoms with Crippen LogP contribution in [0.15, 0.2) is 72.8 Å². The van der Waals surface area contributed by atoms with Crippen molar-refractivity contribution in [3.8, 4) is 0 Å². The number of carbonyl (C=O) groups excluding carboxylic acids is 6. The van der Waals surface area contributed by atoms with Crippen LogP contribution in [0.5, 0.6) is 0 Å². The lowest BCUT2D eigenvalue weighted by molar-refractivity contribution is -0.138. The molecule has 0 spiro atoms. The summed E-state index contributed by atoms with van der Waals surface area (Å²) in [4.78, 5) is 81.7. The molecule has 2 fully saturated rings. The molecule has 60 heavy (non-hydrogen) atoms. The molecule has 0 aliphatic carbocycles. The zero-order valence-corrected chi connectivity index (χ0v) is 33.6. The molecule has 4 atom stereocenters. The average Bonchev–Trinajstić information content (AvgIpc) is 3.96. The molecule has 17 nitrogen and oxygen atoms in total. The Morgan fingerprint density at radius 2 is 1.07 bits per heavy atom. The molecule has 3 aromatic carbocycles. The number of hydrogen-bond acceptors (Lipinski definition) is 11. The van der Waals surface area contributed by atoms with Crippen LogP contribution in [0.4, 0.5) is 31.0 Å². The van der Waals surface area contributed by atoms with Crippen LogP contribution in [0.2, 0.25) is 0 Å². The monoisotopic (exact) mass is 833 g/mol. The summed E-state index contributed by atoms with van der Waals surface area (Å²) in [6, 6.07) is 16.9. The summed E-state index contributed by atoms with van der Waals surface area (Å²) < 4.78 is 23.2. The number of hydrogen-bond donors (Lipinski definition) is 6. The number of carbonyl (C=O) groups is 6. The van der Waals surface area contributed by atoms with Gasteiger partial charge in [0.05, 0.1) is 14.2 Å². The molecule has 0 saturated carbocycles.